The van der Waals surface area contributed by atoms with Crippen LogP contribution in [-0.4, -0.2) is 6.54 Å². The molecule has 16 heavy (non-hydrogen) atoms. The Morgan fingerprint density at radius 1 is 1.06 bits per heavy atom. The molecule has 1 heteroatoms. The van der Waals surface area contributed by atoms with Crippen molar-refractivity contribution < 1.29 is 0 Å². The van der Waals surface area contributed by atoms with Crippen molar-refractivity contribution in [1.82, 2.24) is 0 Å². The summed E-state index contributed by atoms with van der Waals surface area (Å²) in [5.74, 6) is 0.663. The molecule has 2 rings (SSSR count). The van der Waals surface area contributed by atoms with Crippen molar-refractivity contribution in [3.63, 3.8) is 0 Å². The summed E-state index contributed by atoms with van der Waals surface area (Å²) < 4.78 is 0. The molecular formula is C15H19N. The Bertz CT molecular complexity index is 456. The van der Waals surface area contributed by atoms with E-state index in [1.165, 1.54) is 16.3 Å². The van der Waals surface area contributed by atoms with Gasteiger partial charge in [0.2, 0.25) is 0 Å². The summed E-state index contributed by atoms with van der Waals surface area (Å²) in [6, 6.07) is 15.1. The highest BCUT2D eigenvalue weighted by Gasteiger charge is 2.05. The number of fused-ring (bicyclic) bond motifs is 1. The van der Waals surface area contributed by atoms with Gasteiger partial charge in [-0.3, -0.25) is 0 Å². The second kappa shape index (κ2) is 5.13. The molecule has 0 saturated heterocycles. The zero-order valence-corrected chi connectivity index (χ0v) is 9.82. The van der Waals surface area contributed by atoms with Gasteiger partial charge in [-0.25, -0.2) is 0 Å². The van der Waals surface area contributed by atoms with Gasteiger partial charge in [0.1, 0.15) is 0 Å². The summed E-state index contributed by atoms with van der Waals surface area (Å²) in [5.41, 5.74) is 7.04. The number of hydrogen-bond donors (Lipinski definition) is 1. The van der Waals surface area contributed by atoms with Gasteiger partial charge in [-0.15, -0.1) is 0 Å². The minimum atomic E-state index is 0.663. The van der Waals surface area contributed by atoms with Gasteiger partial charge in [0, 0.05) is 0 Å². The van der Waals surface area contributed by atoms with Crippen LogP contribution in [0.1, 0.15) is 18.9 Å². The van der Waals surface area contributed by atoms with E-state index < -0.39 is 0 Å². The Labute approximate surface area is 97.3 Å². The van der Waals surface area contributed by atoms with E-state index >= 15 is 0 Å². The van der Waals surface area contributed by atoms with Gasteiger partial charge >= 0.3 is 0 Å². The molecule has 0 heterocycles. The first kappa shape index (κ1) is 11.2. The second-order valence-electron chi connectivity index (χ2n) is 4.52. The van der Waals surface area contributed by atoms with Crippen LogP contribution in [0.3, 0.4) is 0 Å². The van der Waals surface area contributed by atoms with Gasteiger partial charge in [-0.1, -0.05) is 49.4 Å². The zero-order valence-electron chi connectivity index (χ0n) is 9.82. The maximum Gasteiger partial charge on any atom is -0.00746 e. The molecule has 1 unspecified atom stereocenters. The Balaban J connectivity index is 2.30. The molecule has 1 nitrogen and oxygen atoms in total. The average molecular weight is 213 g/mol. The molecule has 1 atom stereocenters. The first-order valence-corrected chi connectivity index (χ1v) is 5.98. The van der Waals surface area contributed by atoms with Crippen molar-refractivity contribution in [2.75, 3.05) is 6.54 Å². The Hall–Kier alpha value is -1.34. The predicted octanol–water partition coefficient (Wildman–Crippen LogP) is 3.37. The first-order valence-electron chi connectivity index (χ1n) is 5.98. The van der Waals surface area contributed by atoms with Crippen molar-refractivity contribution in [2.45, 2.75) is 19.8 Å². The summed E-state index contributed by atoms with van der Waals surface area (Å²) in [6.45, 7) is 3.06. The van der Waals surface area contributed by atoms with Gasteiger partial charge < -0.3 is 5.73 Å². The molecule has 0 aromatic heterocycles. The van der Waals surface area contributed by atoms with Crippen molar-refractivity contribution in [3.05, 3.63) is 48.0 Å². The number of rotatable bonds is 4. The van der Waals surface area contributed by atoms with Crippen LogP contribution in [0.2, 0.25) is 0 Å². The largest absolute Gasteiger partial charge is 0.330 e. The van der Waals surface area contributed by atoms with Crippen LogP contribution in [0.4, 0.5) is 0 Å². The molecule has 2 N–H and O–H groups in total. The second-order valence-corrected chi connectivity index (χ2v) is 4.52. The number of benzene rings is 2. The van der Waals surface area contributed by atoms with E-state index in [-0.39, 0.29) is 0 Å². The molecule has 84 valence electrons. The maximum absolute atomic E-state index is 5.60. The summed E-state index contributed by atoms with van der Waals surface area (Å²) in [7, 11) is 0. The number of hydrogen-bond acceptors (Lipinski definition) is 1. The normalized spacial score (nSPS) is 12.9. The van der Waals surface area contributed by atoms with E-state index in [2.05, 4.69) is 49.4 Å². The quantitative estimate of drug-likeness (QED) is 0.828. The smallest absolute Gasteiger partial charge is 0.00746 e. The van der Waals surface area contributed by atoms with E-state index in [0.717, 1.165) is 19.4 Å². The minimum absolute atomic E-state index is 0.663. The SMILES string of the molecule is CC(CCN)Cc1cccc2ccccc12. The van der Waals surface area contributed by atoms with Crippen molar-refractivity contribution in [2.24, 2.45) is 11.7 Å². The third-order valence-electron chi connectivity index (χ3n) is 3.11. The van der Waals surface area contributed by atoms with Crippen molar-refractivity contribution in [3.8, 4) is 0 Å². The minimum Gasteiger partial charge on any atom is -0.330 e. The van der Waals surface area contributed by atoms with Crippen LogP contribution in [-0.2, 0) is 6.42 Å². The summed E-state index contributed by atoms with van der Waals surface area (Å²) in [6.07, 6.45) is 2.22. The first-order chi connectivity index (χ1) is 7.81. The molecule has 2 aromatic carbocycles. The van der Waals surface area contributed by atoms with Crippen LogP contribution in [0.5, 0.6) is 0 Å². The highest BCUT2D eigenvalue weighted by molar-refractivity contribution is 5.85. The molecule has 0 aliphatic heterocycles. The van der Waals surface area contributed by atoms with Crippen LogP contribution in [0.25, 0.3) is 10.8 Å². The van der Waals surface area contributed by atoms with Gasteiger partial charge in [-0.2, -0.15) is 0 Å². The Morgan fingerprint density at radius 2 is 1.81 bits per heavy atom. The summed E-state index contributed by atoms with van der Waals surface area (Å²) in [5, 5.41) is 2.72. The lowest BCUT2D eigenvalue weighted by atomic mass is 9.94. The predicted molar refractivity (Wildman–Crippen MR) is 70.5 cm³/mol. The highest BCUT2D eigenvalue weighted by Crippen LogP contribution is 2.21. The molecule has 0 aliphatic carbocycles. The average Bonchev–Trinajstić information content (AvgIpc) is 2.30. The fraction of sp³-hybridized carbons (Fsp3) is 0.333. The van der Waals surface area contributed by atoms with E-state index in [9.17, 15) is 0 Å². The summed E-state index contributed by atoms with van der Waals surface area (Å²) in [4.78, 5) is 0. The lowest BCUT2D eigenvalue weighted by Crippen LogP contribution is -2.08. The maximum atomic E-state index is 5.60. The molecule has 0 saturated carbocycles. The molecule has 0 spiro atoms. The van der Waals surface area contributed by atoms with Crippen LogP contribution in [0, 0.1) is 5.92 Å². The molecule has 0 fully saturated rings. The monoisotopic (exact) mass is 213 g/mol. The topological polar surface area (TPSA) is 26.0 Å². The lowest BCUT2D eigenvalue weighted by molar-refractivity contribution is 0.540. The zero-order chi connectivity index (χ0) is 11.4. The molecule has 0 amide bonds. The van der Waals surface area contributed by atoms with E-state index in [0.29, 0.717) is 5.92 Å². The van der Waals surface area contributed by atoms with Gasteiger partial charge in [-0.05, 0) is 41.6 Å². The number of nitrogens with two attached hydrogens (primary N) is 1. The van der Waals surface area contributed by atoms with E-state index in [1.807, 2.05) is 0 Å². The summed E-state index contributed by atoms with van der Waals surface area (Å²) >= 11 is 0. The van der Waals surface area contributed by atoms with Gasteiger partial charge in [0.05, 0.1) is 0 Å². The van der Waals surface area contributed by atoms with Crippen LogP contribution >= 0.6 is 0 Å². The van der Waals surface area contributed by atoms with Gasteiger partial charge in [0.15, 0.2) is 0 Å². The Morgan fingerprint density at radius 3 is 2.62 bits per heavy atom. The third-order valence-corrected chi connectivity index (χ3v) is 3.11. The van der Waals surface area contributed by atoms with Crippen LogP contribution in [0.15, 0.2) is 42.5 Å². The molecular weight excluding hydrogens is 194 g/mol. The molecule has 2 aromatic rings. The van der Waals surface area contributed by atoms with E-state index in [1.54, 1.807) is 0 Å². The van der Waals surface area contributed by atoms with Gasteiger partial charge in [0.25, 0.3) is 0 Å². The molecule has 0 aliphatic rings. The fourth-order valence-electron chi connectivity index (χ4n) is 2.23. The van der Waals surface area contributed by atoms with E-state index in [4.69, 9.17) is 5.73 Å². The standard InChI is InChI=1S/C15H19N/c1-12(9-10-16)11-14-7-4-6-13-5-2-3-8-15(13)14/h2-8,12H,9-11,16H2,1H3. The highest BCUT2D eigenvalue weighted by atomic mass is 14.5. The van der Waals surface area contributed by atoms with Crippen LogP contribution < -0.4 is 5.73 Å². The van der Waals surface area contributed by atoms with Crippen molar-refractivity contribution >= 4 is 10.8 Å². The van der Waals surface area contributed by atoms with Crippen molar-refractivity contribution in [1.29, 1.82) is 0 Å². The molecule has 0 bridgehead atoms. The molecule has 0 radical (unpaired) electrons. The lowest BCUT2D eigenvalue weighted by Gasteiger charge is -2.12. The Kier molecular flexibility index (Phi) is 3.58. The fourth-order valence-corrected chi connectivity index (χ4v) is 2.23. The third kappa shape index (κ3) is 2.42.